The van der Waals surface area contributed by atoms with Crippen molar-refractivity contribution in [1.82, 2.24) is 0 Å². The Kier molecular flexibility index (Phi) is 9.40. The van der Waals surface area contributed by atoms with E-state index in [2.05, 4.69) is 6.07 Å². The van der Waals surface area contributed by atoms with E-state index >= 15 is 0 Å². The van der Waals surface area contributed by atoms with E-state index in [9.17, 15) is 19.2 Å². The van der Waals surface area contributed by atoms with Gasteiger partial charge in [0.2, 0.25) is 12.4 Å². The van der Waals surface area contributed by atoms with Crippen LogP contribution in [-0.2, 0) is 42.9 Å². The Morgan fingerprint density at radius 2 is 1.39 bits per heavy atom. The largest absolute Gasteiger partial charge is 0.463 e. The summed E-state index contributed by atoms with van der Waals surface area (Å²) in [6.07, 6.45) is -6.37. The summed E-state index contributed by atoms with van der Waals surface area (Å²) >= 11 is 0. The monoisotopic (exact) mass is 525 g/mol. The average Bonchev–Trinajstić information content (AvgIpc) is 2.86. The first-order valence-corrected chi connectivity index (χ1v) is 11.6. The molecule has 0 unspecified atom stereocenters. The molecule has 0 spiro atoms. The third kappa shape index (κ3) is 7.54. The predicted molar refractivity (Wildman–Crippen MR) is 129 cm³/mol. The fourth-order valence-electron chi connectivity index (χ4n) is 3.91. The second-order valence-corrected chi connectivity index (χ2v) is 8.40. The van der Waals surface area contributed by atoms with E-state index in [0.717, 1.165) is 31.9 Å². The molecule has 1 heterocycles. The Labute approximate surface area is 219 Å². The Balaban J connectivity index is 1.93. The summed E-state index contributed by atoms with van der Waals surface area (Å²) in [6.45, 7) is 4.27. The quantitative estimate of drug-likeness (QED) is 0.370. The fraction of sp³-hybridized carbons (Fsp3) is 0.370. The van der Waals surface area contributed by atoms with Gasteiger partial charge in [0.25, 0.3) is 0 Å². The molecule has 1 saturated heterocycles. The molecule has 2 aromatic carbocycles. The van der Waals surface area contributed by atoms with Gasteiger partial charge in [-0.1, -0.05) is 24.3 Å². The molecule has 0 bridgehead atoms. The van der Waals surface area contributed by atoms with Crippen LogP contribution in [0.5, 0.6) is 5.75 Å². The van der Waals surface area contributed by atoms with E-state index in [1.807, 2.05) is 6.07 Å². The number of nitrogens with zero attached hydrogens (tertiary/aromatic N) is 1. The Hall–Kier alpha value is -4.43. The molecule has 5 atom stereocenters. The lowest BCUT2D eigenvalue weighted by atomic mass is 9.98. The lowest BCUT2D eigenvalue weighted by molar-refractivity contribution is -0.288. The van der Waals surface area contributed by atoms with E-state index < -0.39 is 54.6 Å². The van der Waals surface area contributed by atoms with Crippen LogP contribution in [0.2, 0.25) is 0 Å². The van der Waals surface area contributed by atoms with Crippen LogP contribution in [0.3, 0.4) is 0 Å². The molecule has 0 radical (unpaired) electrons. The van der Waals surface area contributed by atoms with Gasteiger partial charge >= 0.3 is 23.9 Å². The van der Waals surface area contributed by atoms with Gasteiger partial charge in [-0.05, 0) is 35.4 Å². The highest BCUT2D eigenvalue weighted by atomic mass is 16.7. The molecule has 200 valence electrons. The van der Waals surface area contributed by atoms with Gasteiger partial charge in [0.05, 0.1) is 11.6 Å². The van der Waals surface area contributed by atoms with Crippen molar-refractivity contribution >= 4 is 23.9 Å². The Bertz CT molecular complexity index is 1220. The van der Waals surface area contributed by atoms with E-state index in [4.69, 9.17) is 33.7 Å². The molecule has 0 amide bonds. The number of esters is 4. The van der Waals surface area contributed by atoms with Crippen LogP contribution in [0.25, 0.3) is 11.1 Å². The summed E-state index contributed by atoms with van der Waals surface area (Å²) in [5, 5.41) is 9.15. The van der Waals surface area contributed by atoms with Crippen LogP contribution in [0.4, 0.5) is 0 Å². The van der Waals surface area contributed by atoms with Crippen LogP contribution in [0, 0.1) is 11.3 Å². The number of carbonyl (C=O) groups is 4. The zero-order chi connectivity index (χ0) is 27.8. The van der Waals surface area contributed by atoms with Gasteiger partial charge in [-0.25, -0.2) is 0 Å². The van der Waals surface area contributed by atoms with Crippen LogP contribution in [0.15, 0.2) is 48.5 Å². The maximum atomic E-state index is 11.9. The fourth-order valence-corrected chi connectivity index (χ4v) is 3.91. The van der Waals surface area contributed by atoms with Crippen LogP contribution in [0.1, 0.15) is 33.3 Å². The topological polar surface area (TPSA) is 147 Å². The minimum absolute atomic E-state index is 0.311. The third-order valence-electron chi connectivity index (χ3n) is 5.38. The zero-order valence-corrected chi connectivity index (χ0v) is 21.2. The first-order chi connectivity index (χ1) is 18.1. The summed E-state index contributed by atoms with van der Waals surface area (Å²) in [5.74, 6) is -2.49. The molecule has 1 fully saturated rings. The van der Waals surface area contributed by atoms with Crippen molar-refractivity contribution < 1.29 is 47.6 Å². The maximum Gasteiger partial charge on any atom is 0.303 e. The normalized spacial score (nSPS) is 22.3. The number of ether oxygens (including phenoxy) is 6. The average molecular weight is 526 g/mol. The molecule has 0 saturated carbocycles. The lowest BCUT2D eigenvalue weighted by Gasteiger charge is -2.43. The standard InChI is InChI=1S/C27H27NO10/c1-15(29)33-14-23-24(34-16(2)30)25(35-17(3)31)26(36-18(4)32)27(38-23)37-22-10-8-20(9-11-22)21-7-5-6-19(12-21)13-28/h5-12,23-27H,14H2,1-4H3/t23-,24-,25+,26+,27+/m1/s1. The minimum Gasteiger partial charge on any atom is -0.463 e. The molecule has 1 aliphatic rings. The Morgan fingerprint density at radius 1 is 0.789 bits per heavy atom. The second kappa shape index (κ2) is 12.7. The predicted octanol–water partition coefficient (Wildman–Crippen LogP) is 2.69. The number of benzene rings is 2. The molecule has 0 N–H and O–H groups in total. The number of rotatable bonds is 8. The summed E-state index contributed by atoms with van der Waals surface area (Å²) in [4.78, 5) is 47.2. The van der Waals surface area contributed by atoms with E-state index in [1.165, 1.54) is 6.92 Å². The molecule has 11 nitrogen and oxygen atoms in total. The summed E-state index contributed by atoms with van der Waals surface area (Å²) < 4.78 is 33.1. The van der Waals surface area contributed by atoms with Gasteiger partial charge in [-0.2, -0.15) is 5.26 Å². The Morgan fingerprint density at radius 3 is 1.97 bits per heavy atom. The summed E-state index contributed by atoms with van der Waals surface area (Å²) in [6, 6.07) is 16.0. The van der Waals surface area contributed by atoms with E-state index in [0.29, 0.717) is 11.3 Å². The van der Waals surface area contributed by atoms with Crippen molar-refractivity contribution in [2.24, 2.45) is 0 Å². The van der Waals surface area contributed by atoms with Gasteiger partial charge in [-0.3, -0.25) is 19.2 Å². The van der Waals surface area contributed by atoms with E-state index in [1.54, 1.807) is 42.5 Å². The number of hydrogen-bond acceptors (Lipinski definition) is 11. The van der Waals surface area contributed by atoms with Gasteiger partial charge in [0.15, 0.2) is 12.2 Å². The molecule has 38 heavy (non-hydrogen) atoms. The molecule has 0 aromatic heterocycles. The molecule has 0 aliphatic carbocycles. The smallest absolute Gasteiger partial charge is 0.303 e. The second-order valence-electron chi connectivity index (χ2n) is 8.40. The molecule has 3 rings (SSSR count). The van der Waals surface area contributed by atoms with Crippen molar-refractivity contribution in [2.45, 2.75) is 58.4 Å². The van der Waals surface area contributed by atoms with E-state index in [-0.39, 0.29) is 6.61 Å². The van der Waals surface area contributed by atoms with Crippen LogP contribution in [-0.4, -0.2) is 61.2 Å². The number of nitriles is 1. The number of hydrogen-bond donors (Lipinski definition) is 0. The highest BCUT2D eigenvalue weighted by Gasteiger charge is 2.53. The van der Waals surface area contributed by atoms with Crippen molar-refractivity contribution in [3.8, 4) is 22.9 Å². The first-order valence-electron chi connectivity index (χ1n) is 11.6. The summed E-state index contributed by atoms with van der Waals surface area (Å²) in [5.41, 5.74) is 2.15. The van der Waals surface area contributed by atoms with Gasteiger partial charge < -0.3 is 28.4 Å². The zero-order valence-electron chi connectivity index (χ0n) is 21.2. The van der Waals surface area contributed by atoms with Crippen LogP contribution < -0.4 is 4.74 Å². The first kappa shape index (κ1) is 28.1. The highest BCUT2D eigenvalue weighted by Crippen LogP contribution is 2.32. The SMILES string of the molecule is CC(=O)OC[C@H]1O[C@H](Oc2ccc(-c3cccc(C#N)c3)cc2)[C@@H](OC(C)=O)[C@@H](OC(C)=O)[C@@H]1OC(C)=O. The van der Waals surface area contributed by atoms with Gasteiger partial charge in [-0.15, -0.1) is 0 Å². The molecule has 1 aliphatic heterocycles. The molecule has 11 heteroatoms. The molecule has 2 aromatic rings. The van der Waals surface area contributed by atoms with Crippen molar-refractivity contribution in [1.29, 1.82) is 5.26 Å². The van der Waals surface area contributed by atoms with Crippen molar-refractivity contribution in [3.63, 3.8) is 0 Å². The van der Waals surface area contributed by atoms with Crippen molar-refractivity contribution in [2.75, 3.05) is 6.61 Å². The van der Waals surface area contributed by atoms with Gasteiger partial charge in [0.1, 0.15) is 18.5 Å². The molecular weight excluding hydrogens is 498 g/mol. The number of carbonyl (C=O) groups excluding carboxylic acids is 4. The maximum absolute atomic E-state index is 11.9. The summed E-state index contributed by atoms with van der Waals surface area (Å²) in [7, 11) is 0. The highest BCUT2D eigenvalue weighted by molar-refractivity contribution is 5.69. The third-order valence-corrected chi connectivity index (χ3v) is 5.38. The molecular formula is C27H27NO10. The van der Waals surface area contributed by atoms with Crippen LogP contribution >= 0.6 is 0 Å². The lowest BCUT2D eigenvalue weighted by Crippen LogP contribution is -2.63. The van der Waals surface area contributed by atoms with Crippen molar-refractivity contribution in [3.05, 3.63) is 54.1 Å². The van der Waals surface area contributed by atoms with Gasteiger partial charge in [0, 0.05) is 27.7 Å². The minimum atomic E-state index is -1.33.